The summed E-state index contributed by atoms with van der Waals surface area (Å²) < 4.78 is 41.1. The summed E-state index contributed by atoms with van der Waals surface area (Å²) in [5.41, 5.74) is 0. The fourth-order valence-electron chi connectivity index (χ4n) is 4.20. The molecule has 2 N–H and O–H groups in total. The molecular weight excluding hydrogens is 570 g/mol. The van der Waals surface area contributed by atoms with Crippen LogP contribution in [0.2, 0.25) is 12.1 Å². The van der Waals surface area contributed by atoms with Gasteiger partial charge < -0.3 is 46.4 Å². The predicted octanol–water partition coefficient (Wildman–Crippen LogP) is 4.38. The number of hydrogen-bond donors (Lipinski definition) is 2. The zero-order valence-electron chi connectivity index (χ0n) is 26.9. The largest absolute Gasteiger partial charge is 0.500 e. The maximum atomic E-state index is 11.9. The Bertz CT molecular complexity index is 580. The van der Waals surface area contributed by atoms with Crippen LogP contribution in [0.15, 0.2) is 0 Å². The highest BCUT2D eigenvalue weighted by Gasteiger charge is 2.41. The summed E-state index contributed by atoms with van der Waals surface area (Å²) in [6.07, 6.45) is 2.26. The standard InChI is InChI=1S/C24H53NO9Si2.C3H6O2/c1-8-29-35(30-9-2,31-10-3)20-14-17-25(22-23(24(26)27)16-19-28-7)18-15-21-36(32-11-4,33-12-5)34-13-6;1-2-3(4)5/h23H,8-22H2,1-7H3,(H,26,27);2H2,1H3,(H,4,5). The average Bonchev–Trinajstić information content (AvgIpc) is 2.91. The van der Waals surface area contributed by atoms with E-state index in [1.54, 1.807) is 14.0 Å². The molecule has 0 saturated heterocycles. The lowest BCUT2D eigenvalue weighted by molar-refractivity contribution is -0.143. The Hall–Kier alpha value is -0.946. The first-order chi connectivity index (χ1) is 19.6. The highest BCUT2D eigenvalue weighted by Crippen LogP contribution is 2.21. The third kappa shape index (κ3) is 20.6. The van der Waals surface area contributed by atoms with E-state index in [1.165, 1.54) is 0 Å². The molecule has 0 heterocycles. The highest BCUT2D eigenvalue weighted by atomic mass is 28.4. The quantitative estimate of drug-likeness (QED) is 0.124. The molecule has 0 aromatic heterocycles. The van der Waals surface area contributed by atoms with Gasteiger partial charge >= 0.3 is 29.5 Å². The molecule has 0 amide bonds. The molecule has 0 aliphatic rings. The normalized spacial score (nSPS) is 12.7. The molecule has 246 valence electrons. The number of nitrogens with zero attached hydrogens (tertiary/aromatic N) is 1. The molecule has 0 fully saturated rings. The van der Waals surface area contributed by atoms with Gasteiger partial charge in [0.15, 0.2) is 0 Å². The van der Waals surface area contributed by atoms with Crippen molar-refractivity contribution in [3.63, 3.8) is 0 Å². The van der Waals surface area contributed by atoms with Gasteiger partial charge in [-0.25, -0.2) is 0 Å². The van der Waals surface area contributed by atoms with E-state index in [0.717, 1.165) is 12.8 Å². The topological polar surface area (TPSA) is 142 Å². The molecule has 1 atom stereocenters. The van der Waals surface area contributed by atoms with Crippen molar-refractivity contribution < 1.29 is 51.1 Å². The molecule has 12 nitrogen and oxygen atoms in total. The van der Waals surface area contributed by atoms with Gasteiger partial charge in [0.1, 0.15) is 0 Å². The number of rotatable bonds is 27. The molecule has 0 saturated carbocycles. The minimum atomic E-state index is -2.75. The number of carbonyl (C=O) groups is 2. The lowest BCUT2D eigenvalue weighted by atomic mass is 10.1. The van der Waals surface area contributed by atoms with Crippen molar-refractivity contribution >= 4 is 29.5 Å². The van der Waals surface area contributed by atoms with Crippen LogP contribution in [0.4, 0.5) is 0 Å². The fourth-order valence-corrected chi connectivity index (χ4v) is 9.39. The van der Waals surface area contributed by atoms with Crippen LogP contribution in [0.5, 0.6) is 0 Å². The van der Waals surface area contributed by atoms with Crippen molar-refractivity contribution in [1.82, 2.24) is 4.90 Å². The minimum Gasteiger partial charge on any atom is -0.481 e. The number of carboxylic acid groups (broad SMARTS) is 2. The average molecular weight is 630 g/mol. The van der Waals surface area contributed by atoms with Gasteiger partial charge in [0.25, 0.3) is 0 Å². The van der Waals surface area contributed by atoms with Crippen molar-refractivity contribution in [2.24, 2.45) is 5.92 Å². The van der Waals surface area contributed by atoms with Gasteiger partial charge in [0.05, 0.1) is 5.92 Å². The van der Waals surface area contributed by atoms with Gasteiger partial charge in [-0.3, -0.25) is 9.59 Å². The molecule has 1 unspecified atom stereocenters. The molecule has 0 aromatic rings. The third-order valence-electron chi connectivity index (χ3n) is 5.90. The van der Waals surface area contributed by atoms with Crippen LogP contribution in [0.25, 0.3) is 0 Å². The van der Waals surface area contributed by atoms with Gasteiger partial charge in [-0.05, 0) is 73.9 Å². The van der Waals surface area contributed by atoms with Crippen molar-refractivity contribution in [2.45, 2.75) is 86.2 Å². The monoisotopic (exact) mass is 629 g/mol. The predicted molar refractivity (Wildman–Crippen MR) is 162 cm³/mol. The van der Waals surface area contributed by atoms with Crippen molar-refractivity contribution in [3.8, 4) is 0 Å². The molecule has 0 aromatic carbocycles. The molecule has 0 bridgehead atoms. The van der Waals surface area contributed by atoms with Gasteiger partial charge in [0, 0.05) is 78.4 Å². The van der Waals surface area contributed by atoms with E-state index in [1.807, 2.05) is 41.5 Å². The van der Waals surface area contributed by atoms with Crippen molar-refractivity contribution in [3.05, 3.63) is 0 Å². The Balaban J connectivity index is 0. The summed E-state index contributed by atoms with van der Waals surface area (Å²) in [5, 5.41) is 17.5. The summed E-state index contributed by atoms with van der Waals surface area (Å²) in [6.45, 7) is 18.8. The van der Waals surface area contributed by atoms with Crippen LogP contribution in [0.3, 0.4) is 0 Å². The molecule has 0 spiro atoms. The molecular formula is C27H59NO11Si2. The lowest BCUT2D eigenvalue weighted by Crippen LogP contribution is -2.47. The van der Waals surface area contributed by atoms with E-state index < -0.39 is 35.5 Å². The van der Waals surface area contributed by atoms with E-state index >= 15 is 0 Å². The van der Waals surface area contributed by atoms with E-state index in [2.05, 4.69) is 4.90 Å². The number of hydrogen-bond acceptors (Lipinski definition) is 10. The summed E-state index contributed by atoms with van der Waals surface area (Å²) >= 11 is 0. The third-order valence-corrected chi connectivity index (χ3v) is 12.2. The summed E-state index contributed by atoms with van der Waals surface area (Å²) in [6, 6.07) is 1.37. The van der Waals surface area contributed by atoms with Crippen molar-refractivity contribution in [1.29, 1.82) is 0 Å². The molecule has 0 rings (SSSR count). The Morgan fingerprint density at radius 2 is 1.02 bits per heavy atom. The maximum absolute atomic E-state index is 11.9. The Kier molecular flexibility index (Phi) is 27.4. The minimum absolute atomic E-state index is 0.222. The summed E-state index contributed by atoms with van der Waals surface area (Å²) in [7, 11) is -3.92. The first-order valence-corrected chi connectivity index (χ1v) is 18.9. The number of carboxylic acids is 2. The van der Waals surface area contributed by atoms with E-state index in [9.17, 15) is 14.7 Å². The number of methoxy groups -OCH3 is 1. The SMILES string of the molecule is CCC(=O)O.CCO[Si](CCCN(CCC[Si](OCC)(OCC)OCC)CC(CCOC)C(=O)O)(OCC)OCC. The summed E-state index contributed by atoms with van der Waals surface area (Å²) in [4.78, 5) is 23.5. The fraction of sp³-hybridized carbons (Fsp3) is 0.926. The Morgan fingerprint density at radius 1 is 0.683 bits per heavy atom. The van der Waals surface area contributed by atoms with Gasteiger partial charge in [0.2, 0.25) is 0 Å². The lowest BCUT2D eigenvalue weighted by Gasteiger charge is -2.31. The molecule has 41 heavy (non-hydrogen) atoms. The summed E-state index contributed by atoms with van der Waals surface area (Å²) in [5.74, 6) is -2.06. The van der Waals surface area contributed by atoms with Crippen LogP contribution in [0, 0.1) is 5.92 Å². The van der Waals surface area contributed by atoms with Crippen LogP contribution >= 0.6 is 0 Å². The Labute approximate surface area is 250 Å². The van der Waals surface area contributed by atoms with Gasteiger partial charge in [-0.15, -0.1) is 0 Å². The first-order valence-electron chi connectivity index (χ1n) is 15.1. The molecule has 14 heteroatoms. The molecule has 0 aliphatic heterocycles. The van der Waals surface area contributed by atoms with E-state index in [4.69, 9.17) is 36.4 Å². The van der Waals surface area contributed by atoms with Gasteiger partial charge in [-0.2, -0.15) is 0 Å². The number of aliphatic carboxylic acids is 2. The van der Waals surface area contributed by atoms with E-state index in [-0.39, 0.29) is 6.42 Å². The molecule has 0 radical (unpaired) electrons. The second-order valence-electron chi connectivity index (χ2n) is 9.04. The number of ether oxygens (including phenoxy) is 1. The van der Waals surface area contributed by atoms with Gasteiger partial charge in [-0.1, -0.05) is 6.92 Å². The Morgan fingerprint density at radius 3 is 1.27 bits per heavy atom. The maximum Gasteiger partial charge on any atom is 0.500 e. The van der Waals surface area contributed by atoms with Crippen molar-refractivity contribution in [2.75, 3.05) is 73.0 Å². The van der Waals surface area contributed by atoms with Crippen LogP contribution < -0.4 is 0 Å². The highest BCUT2D eigenvalue weighted by molar-refractivity contribution is 6.61. The van der Waals surface area contributed by atoms with Crippen LogP contribution in [-0.4, -0.2) is 118 Å². The van der Waals surface area contributed by atoms with E-state index in [0.29, 0.717) is 84.4 Å². The van der Waals surface area contributed by atoms with Crippen LogP contribution in [0.1, 0.15) is 74.1 Å². The second-order valence-corrected chi connectivity index (χ2v) is 14.5. The molecule has 0 aliphatic carbocycles. The smallest absolute Gasteiger partial charge is 0.481 e. The first kappa shape index (κ1) is 42.2. The van der Waals surface area contributed by atoms with Crippen LogP contribution in [-0.2, 0) is 40.9 Å². The second kappa shape index (κ2) is 26.7. The zero-order valence-corrected chi connectivity index (χ0v) is 28.9. The zero-order chi connectivity index (χ0) is 31.6.